The van der Waals surface area contributed by atoms with Crippen molar-refractivity contribution in [3.8, 4) is 0 Å². The lowest BCUT2D eigenvalue weighted by Gasteiger charge is -2.27. The predicted octanol–water partition coefficient (Wildman–Crippen LogP) is 3.49. The van der Waals surface area contributed by atoms with Gasteiger partial charge in [0.25, 0.3) is 0 Å². The van der Waals surface area contributed by atoms with Gasteiger partial charge in [-0.25, -0.2) is 0 Å². The van der Waals surface area contributed by atoms with Gasteiger partial charge in [0, 0.05) is 42.8 Å². The van der Waals surface area contributed by atoms with Crippen molar-refractivity contribution in [2.24, 2.45) is 17.8 Å². The molecular formula is C24H34N2O5. The maximum atomic E-state index is 13.0. The second kappa shape index (κ2) is 11.6. The van der Waals surface area contributed by atoms with Gasteiger partial charge in [0.2, 0.25) is 11.8 Å². The number of carboxylic acids is 1. The molecule has 7 nitrogen and oxygen atoms in total. The van der Waals surface area contributed by atoms with Gasteiger partial charge in [0.05, 0.1) is 0 Å². The lowest BCUT2D eigenvalue weighted by molar-refractivity contribution is -0.142. The van der Waals surface area contributed by atoms with Crippen LogP contribution in [0.3, 0.4) is 0 Å². The quantitative estimate of drug-likeness (QED) is 0.346. The lowest BCUT2D eigenvalue weighted by Crippen LogP contribution is -2.45. The molecule has 1 aliphatic heterocycles. The number of ketones is 1. The van der Waals surface area contributed by atoms with Crippen molar-refractivity contribution in [1.82, 2.24) is 5.32 Å². The van der Waals surface area contributed by atoms with Crippen LogP contribution >= 0.6 is 0 Å². The number of hydrogen-bond donors (Lipinski definition) is 3. The van der Waals surface area contributed by atoms with E-state index >= 15 is 0 Å². The van der Waals surface area contributed by atoms with Crippen LogP contribution in [0.1, 0.15) is 63.5 Å². The number of nitrogens with one attached hydrogen (secondary N) is 2. The monoisotopic (exact) mass is 430 g/mol. The summed E-state index contributed by atoms with van der Waals surface area (Å²) >= 11 is 0. The second-order valence-electron chi connectivity index (χ2n) is 8.63. The average Bonchev–Trinajstić information content (AvgIpc) is 2.71. The van der Waals surface area contributed by atoms with E-state index in [4.69, 9.17) is 5.11 Å². The Balaban J connectivity index is 1.89. The zero-order valence-corrected chi connectivity index (χ0v) is 18.7. The highest BCUT2D eigenvalue weighted by atomic mass is 16.4. The number of carboxylic acid groups (broad SMARTS) is 1. The maximum Gasteiger partial charge on any atom is 0.303 e. The van der Waals surface area contributed by atoms with Gasteiger partial charge in [0.15, 0.2) is 0 Å². The first-order chi connectivity index (χ1) is 14.7. The molecule has 170 valence electrons. The van der Waals surface area contributed by atoms with Crippen LogP contribution in [-0.4, -0.2) is 35.2 Å². The maximum absolute atomic E-state index is 13.0. The number of unbranched alkanes of at least 4 members (excludes halogenated alkanes) is 2. The van der Waals surface area contributed by atoms with E-state index in [1.54, 1.807) is 6.92 Å². The van der Waals surface area contributed by atoms with Crippen molar-refractivity contribution in [1.29, 1.82) is 0 Å². The van der Waals surface area contributed by atoms with Crippen molar-refractivity contribution in [3.63, 3.8) is 0 Å². The van der Waals surface area contributed by atoms with Crippen LogP contribution in [0.2, 0.25) is 0 Å². The number of hydrogen-bond acceptors (Lipinski definition) is 5. The van der Waals surface area contributed by atoms with Crippen molar-refractivity contribution in [2.45, 2.75) is 65.7 Å². The second-order valence-corrected chi connectivity index (χ2v) is 8.63. The Hall–Kier alpha value is -2.70. The number of piperidine rings is 1. The Labute approximate surface area is 184 Å². The molecule has 2 unspecified atom stereocenters. The Bertz CT molecular complexity index is 820. The number of aryl methyl sites for hydroxylation is 1. The predicted molar refractivity (Wildman–Crippen MR) is 119 cm³/mol. The van der Waals surface area contributed by atoms with Crippen LogP contribution in [0.5, 0.6) is 0 Å². The van der Waals surface area contributed by atoms with Crippen LogP contribution < -0.4 is 10.6 Å². The van der Waals surface area contributed by atoms with Gasteiger partial charge >= 0.3 is 5.97 Å². The number of benzene rings is 1. The number of aliphatic carboxylic acids is 1. The minimum Gasteiger partial charge on any atom is -0.481 e. The summed E-state index contributed by atoms with van der Waals surface area (Å²) in [6, 6.07) is 6.10. The van der Waals surface area contributed by atoms with Gasteiger partial charge in [0.1, 0.15) is 5.78 Å². The van der Waals surface area contributed by atoms with Crippen LogP contribution in [0.4, 0.5) is 5.69 Å². The van der Waals surface area contributed by atoms with Crippen molar-refractivity contribution >= 4 is 29.3 Å². The molecule has 0 radical (unpaired) electrons. The molecule has 3 atom stereocenters. The van der Waals surface area contributed by atoms with Gasteiger partial charge in [-0.05, 0) is 55.9 Å². The number of carbonyl (C=O) groups excluding carboxylic acids is 3. The van der Waals surface area contributed by atoms with E-state index in [0.29, 0.717) is 19.3 Å². The summed E-state index contributed by atoms with van der Waals surface area (Å²) in [5.41, 5.74) is 3.18. The standard InChI is InChI=1S/C24H34N2O5/c1-15-8-9-19(25-12-6-4-5-7-22(28)29)14-18(15)13-16(2)23(30)17(3)20-10-11-21(27)26-24(20)31/h8-9,14,16-17,20,25H,4-7,10-13H2,1-3H3,(H,28,29)(H,26,27,31)/t16?,17-,20?/m0/s1. The van der Waals surface area contributed by atoms with Crippen molar-refractivity contribution in [3.05, 3.63) is 29.3 Å². The molecule has 0 aromatic heterocycles. The molecule has 1 fully saturated rings. The van der Waals surface area contributed by atoms with E-state index in [0.717, 1.165) is 36.2 Å². The van der Waals surface area contributed by atoms with Crippen molar-refractivity contribution in [2.75, 3.05) is 11.9 Å². The van der Waals surface area contributed by atoms with Gasteiger partial charge in [-0.15, -0.1) is 0 Å². The molecule has 7 heteroatoms. The van der Waals surface area contributed by atoms with E-state index in [1.165, 1.54) is 0 Å². The van der Waals surface area contributed by atoms with Gasteiger partial charge in [-0.3, -0.25) is 24.5 Å². The fourth-order valence-corrected chi connectivity index (χ4v) is 4.08. The minimum absolute atomic E-state index is 0.0469. The van der Waals surface area contributed by atoms with Crippen LogP contribution in [0.15, 0.2) is 18.2 Å². The Morgan fingerprint density at radius 2 is 1.94 bits per heavy atom. The summed E-state index contributed by atoms with van der Waals surface area (Å²) < 4.78 is 0. The number of imide groups is 1. The molecule has 1 aliphatic rings. The van der Waals surface area contributed by atoms with E-state index in [9.17, 15) is 19.2 Å². The average molecular weight is 431 g/mol. The zero-order chi connectivity index (χ0) is 23.0. The number of amides is 2. The number of anilines is 1. The normalized spacial score (nSPS) is 18.2. The van der Waals surface area contributed by atoms with E-state index in [1.807, 2.05) is 26.0 Å². The number of rotatable bonds is 12. The molecule has 1 saturated heterocycles. The van der Waals surface area contributed by atoms with Crippen molar-refractivity contribution < 1.29 is 24.3 Å². The summed E-state index contributed by atoms with van der Waals surface area (Å²) in [6.07, 6.45) is 3.95. The molecule has 1 aromatic rings. The lowest BCUT2D eigenvalue weighted by atomic mass is 9.79. The molecule has 31 heavy (non-hydrogen) atoms. The first-order valence-electron chi connectivity index (χ1n) is 11.1. The zero-order valence-electron chi connectivity index (χ0n) is 18.7. The molecule has 2 amide bonds. The Morgan fingerprint density at radius 3 is 2.61 bits per heavy atom. The smallest absolute Gasteiger partial charge is 0.303 e. The first-order valence-corrected chi connectivity index (χ1v) is 11.1. The van der Waals surface area contributed by atoms with Gasteiger partial charge in [-0.1, -0.05) is 26.3 Å². The fourth-order valence-electron chi connectivity index (χ4n) is 4.08. The van der Waals surface area contributed by atoms with Crippen LogP contribution in [0, 0.1) is 24.7 Å². The summed E-state index contributed by atoms with van der Waals surface area (Å²) in [6.45, 7) is 6.47. The SMILES string of the molecule is Cc1ccc(NCCCCCC(=O)O)cc1CC(C)C(=O)[C@@H](C)C1CCC(=O)NC1=O. The first kappa shape index (κ1) is 24.6. The molecule has 0 bridgehead atoms. The molecule has 0 aliphatic carbocycles. The highest BCUT2D eigenvalue weighted by Crippen LogP contribution is 2.27. The highest BCUT2D eigenvalue weighted by molar-refractivity contribution is 6.01. The summed E-state index contributed by atoms with van der Waals surface area (Å²) in [4.78, 5) is 47.0. The van der Waals surface area contributed by atoms with E-state index in [-0.39, 0.29) is 36.4 Å². The summed E-state index contributed by atoms with van der Waals surface area (Å²) in [5, 5.41) is 14.4. The van der Waals surface area contributed by atoms with Gasteiger partial charge < -0.3 is 10.4 Å². The topological polar surface area (TPSA) is 113 Å². The third-order valence-electron chi connectivity index (χ3n) is 6.09. The third kappa shape index (κ3) is 7.49. The number of Topliss-reactive ketones (excluding diaryl/α,β-unsaturated/α-hetero) is 1. The molecule has 1 aromatic carbocycles. The number of carbonyl (C=O) groups is 4. The van der Waals surface area contributed by atoms with E-state index < -0.39 is 17.8 Å². The molecule has 0 spiro atoms. The molecule has 1 heterocycles. The Kier molecular flexibility index (Phi) is 9.21. The summed E-state index contributed by atoms with van der Waals surface area (Å²) in [5.74, 6) is -2.41. The van der Waals surface area contributed by atoms with Crippen LogP contribution in [-0.2, 0) is 25.6 Å². The van der Waals surface area contributed by atoms with Crippen LogP contribution in [0.25, 0.3) is 0 Å². The summed E-state index contributed by atoms with van der Waals surface area (Å²) in [7, 11) is 0. The van der Waals surface area contributed by atoms with Gasteiger partial charge in [-0.2, -0.15) is 0 Å². The van der Waals surface area contributed by atoms with E-state index in [2.05, 4.69) is 16.7 Å². The Morgan fingerprint density at radius 1 is 1.19 bits per heavy atom. The minimum atomic E-state index is -0.758. The molecule has 3 N–H and O–H groups in total. The largest absolute Gasteiger partial charge is 0.481 e. The third-order valence-corrected chi connectivity index (χ3v) is 6.09. The highest BCUT2D eigenvalue weighted by Gasteiger charge is 2.36. The fraction of sp³-hybridized carbons (Fsp3) is 0.583. The molecule has 2 rings (SSSR count). The molecule has 0 saturated carbocycles. The molecular weight excluding hydrogens is 396 g/mol.